The maximum Gasteiger partial charge on any atom is 0.489 e. The average molecular weight is 268 g/mol. The lowest BCUT2D eigenvalue weighted by Crippen LogP contribution is -2.33. The second kappa shape index (κ2) is 6.65. The van der Waals surface area contributed by atoms with Gasteiger partial charge in [-0.3, -0.25) is 4.79 Å². The third-order valence-electron chi connectivity index (χ3n) is 2.68. The fourth-order valence-electron chi connectivity index (χ4n) is 1.68. The third kappa shape index (κ3) is 3.53. The Kier molecular flexibility index (Phi) is 4.65. The molecule has 0 heterocycles. The van der Waals surface area contributed by atoms with E-state index in [0.717, 1.165) is 0 Å². The summed E-state index contributed by atoms with van der Waals surface area (Å²) in [6, 6.07) is 15.4. The van der Waals surface area contributed by atoms with Gasteiger partial charge in [0.05, 0.1) is 6.21 Å². The number of benzene rings is 2. The van der Waals surface area contributed by atoms with Crippen molar-refractivity contribution in [3.05, 3.63) is 65.7 Å². The molecule has 20 heavy (non-hydrogen) atoms. The number of nitrogens with zero attached hydrogens (tertiary/aromatic N) is 1. The molecule has 6 heteroatoms. The summed E-state index contributed by atoms with van der Waals surface area (Å²) in [7, 11) is -1.58. The van der Waals surface area contributed by atoms with E-state index in [1.54, 1.807) is 48.5 Å². The second-order valence-electron chi connectivity index (χ2n) is 4.07. The highest BCUT2D eigenvalue weighted by molar-refractivity contribution is 6.60. The fourth-order valence-corrected chi connectivity index (χ4v) is 1.68. The summed E-state index contributed by atoms with van der Waals surface area (Å²) < 4.78 is 0. The molecule has 0 unspecified atom stereocenters. The summed E-state index contributed by atoms with van der Waals surface area (Å²) in [5.41, 5.74) is 3.73. The van der Waals surface area contributed by atoms with Gasteiger partial charge in [0.1, 0.15) is 0 Å². The van der Waals surface area contributed by atoms with Gasteiger partial charge < -0.3 is 10.0 Å². The van der Waals surface area contributed by atoms with Gasteiger partial charge in [0, 0.05) is 5.56 Å². The molecule has 3 N–H and O–H groups in total. The molecule has 0 saturated carbocycles. The SMILES string of the molecule is O=C(NN=Cc1ccccc1B(O)O)c1ccccc1. The number of nitrogens with one attached hydrogen (secondary N) is 1. The Morgan fingerprint density at radius 3 is 2.40 bits per heavy atom. The Labute approximate surface area is 116 Å². The first-order valence-corrected chi connectivity index (χ1v) is 6.02. The zero-order valence-corrected chi connectivity index (χ0v) is 10.6. The van der Waals surface area contributed by atoms with Gasteiger partial charge >= 0.3 is 7.12 Å². The van der Waals surface area contributed by atoms with E-state index >= 15 is 0 Å². The van der Waals surface area contributed by atoms with Gasteiger partial charge in [0.15, 0.2) is 0 Å². The van der Waals surface area contributed by atoms with Gasteiger partial charge in [-0.25, -0.2) is 5.43 Å². The van der Waals surface area contributed by atoms with Crippen molar-refractivity contribution in [1.29, 1.82) is 0 Å². The maximum atomic E-state index is 11.7. The van der Waals surface area contributed by atoms with Crippen LogP contribution in [0.2, 0.25) is 0 Å². The minimum absolute atomic E-state index is 0.324. The van der Waals surface area contributed by atoms with E-state index in [4.69, 9.17) is 0 Å². The van der Waals surface area contributed by atoms with Gasteiger partial charge in [-0.05, 0) is 23.2 Å². The molecule has 0 saturated heterocycles. The molecular weight excluding hydrogens is 255 g/mol. The summed E-state index contributed by atoms with van der Waals surface area (Å²) in [5.74, 6) is -0.330. The summed E-state index contributed by atoms with van der Waals surface area (Å²) in [4.78, 5) is 11.7. The highest BCUT2D eigenvalue weighted by Crippen LogP contribution is 1.98. The largest absolute Gasteiger partial charge is 0.489 e. The lowest BCUT2D eigenvalue weighted by Gasteiger charge is -2.03. The van der Waals surface area contributed by atoms with E-state index in [1.165, 1.54) is 6.21 Å². The Morgan fingerprint density at radius 2 is 1.70 bits per heavy atom. The molecule has 0 atom stereocenters. The number of carbonyl (C=O) groups excluding carboxylic acids is 1. The van der Waals surface area contributed by atoms with Crippen LogP contribution in [0.25, 0.3) is 0 Å². The molecule has 2 aromatic carbocycles. The summed E-state index contributed by atoms with van der Waals surface area (Å²) in [6.07, 6.45) is 1.37. The summed E-state index contributed by atoms with van der Waals surface area (Å²) in [5, 5.41) is 22.2. The van der Waals surface area contributed by atoms with Crippen LogP contribution in [0.4, 0.5) is 0 Å². The van der Waals surface area contributed by atoms with Gasteiger partial charge in [-0.15, -0.1) is 0 Å². The predicted octanol–water partition coefficient (Wildman–Crippen LogP) is 0.130. The molecule has 0 aliphatic rings. The van der Waals surface area contributed by atoms with Crippen molar-refractivity contribution >= 4 is 24.7 Å². The smallest absolute Gasteiger partial charge is 0.423 e. The first-order chi connectivity index (χ1) is 9.68. The summed E-state index contributed by atoms with van der Waals surface area (Å²) in [6.45, 7) is 0. The highest BCUT2D eigenvalue weighted by Gasteiger charge is 2.13. The van der Waals surface area contributed by atoms with Crippen LogP contribution in [0.15, 0.2) is 59.7 Å². The molecule has 0 bridgehead atoms. The number of hydrogen-bond donors (Lipinski definition) is 3. The fraction of sp³-hybridized carbons (Fsp3) is 0. The minimum Gasteiger partial charge on any atom is -0.423 e. The van der Waals surface area contributed by atoms with Crippen molar-refractivity contribution in [2.75, 3.05) is 0 Å². The van der Waals surface area contributed by atoms with E-state index < -0.39 is 7.12 Å². The monoisotopic (exact) mass is 268 g/mol. The van der Waals surface area contributed by atoms with Crippen molar-refractivity contribution in [2.45, 2.75) is 0 Å². The van der Waals surface area contributed by atoms with E-state index in [1.807, 2.05) is 6.07 Å². The molecule has 100 valence electrons. The van der Waals surface area contributed by atoms with Crippen LogP contribution in [-0.2, 0) is 0 Å². The lowest BCUT2D eigenvalue weighted by molar-refractivity contribution is 0.0955. The topological polar surface area (TPSA) is 81.9 Å². The predicted molar refractivity (Wildman–Crippen MR) is 77.8 cm³/mol. The third-order valence-corrected chi connectivity index (χ3v) is 2.68. The Hall–Kier alpha value is -2.44. The van der Waals surface area contributed by atoms with E-state index in [2.05, 4.69) is 10.5 Å². The summed E-state index contributed by atoms with van der Waals surface area (Å²) >= 11 is 0. The van der Waals surface area contributed by atoms with Crippen LogP contribution in [0.5, 0.6) is 0 Å². The number of amides is 1. The van der Waals surface area contributed by atoms with Crippen molar-refractivity contribution in [2.24, 2.45) is 5.10 Å². The molecule has 5 nitrogen and oxygen atoms in total. The Morgan fingerprint density at radius 1 is 1.05 bits per heavy atom. The molecule has 2 aromatic rings. The molecule has 0 spiro atoms. The molecule has 0 fully saturated rings. The molecule has 0 aliphatic heterocycles. The number of rotatable bonds is 4. The molecule has 2 rings (SSSR count). The first kappa shape index (κ1) is 14.0. The van der Waals surface area contributed by atoms with Crippen LogP contribution in [0.3, 0.4) is 0 Å². The van der Waals surface area contributed by atoms with E-state index in [9.17, 15) is 14.8 Å². The minimum atomic E-state index is -1.58. The van der Waals surface area contributed by atoms with Gasteiger partial charge in [0.2, 0.25) is 0 Å². The van der Waals surface area contributed by atoms with E-state index in [-0.39, 0.29) is 5.91 Å². The zero-order chi connectivity index (χ0) is 14.4. The van der Waals surface area contributed by atoms with Crippen LogP contribution in [-0.4, -0.2) is 29.3 Å². The van der Waals surface area contributed by atoms with Crippen molar-refractivity contribution in [3.8, 4) is 0 Å². The standard InChI is InChI=1S/C14H13BN2O3/c18-14(11-6-2-1-3-7-11)17-16-10-12-8-4-5-9-13(12)15(19)20/h1-10,19-20H,(H,17,18). The van der Waals surface area contributed by atoms with Gasteiger partial charge in [0.25, 0.3) is 5.91 Å². The van der Waals surface area contributed by atoms with Crippen molar-refractivity contribution in [3.63, 3.8) is 0 Å². The molecular formula is C14H13BN2O3. The quantitative estimate of drug-likeness (QED) is 0.419. The Bertz CT molecular complexity index is 615. The number of carbonyl (C=O) groups is 1. The number of hydrazone groups is 1. The van der Waals surface area contributed by atoms with Gasteiger partial charge in [-0.2, -0.15) is 5.10 Å². The van der Waals surface area contributed by atoms with Crippen molar-refractivity contribution < 1.29 is 14.8 Å². The second-order valence-corrected chi connectivity index (χ2v) is 4.07. The number of hydrogen-bond acceptors (Lipinski definition) is 4. The normalized spacial score (nSPS) is 10.5. The molecule has 0 aliphatic carbocycles. The first-order valence-electron chi connectivity index (χ1n) is 6.02. The zero-order valence-electron chi connectivity index (χ0n) is 10.6. The molecule has 1 amide bonds. The van der Waals surface area contributed by atoms with Crippen molar-refractivity contribution in [1.82, 2.24) is 5.43 Å². The Balaban J connectivity index is 2.06. The van der Waals surface area contributed by atoms with Crippen LogP contribution in [0, 0.1) is 0 Å². The molecule has 0 radical (unpaired) electrons. The average Bonchev–Trinajstić information content (AvgIpc) is 2.48. The molecule has 0 aromatic heterocycles. The van der Waals surface area contributed by atoms with Crippen LogP contribution in [0.1, 0.15) is 15.9 Å². The van der Waals surface area contributed by atoms with Gasteiger partial charge in [-0.1, -0.05) is 42.5 Å². The highest BCUT2D eigenvalue weighted by atomic mass is 16.4. The van der Waals surface area contributed by atoms with Crippen LogP contribution >= 0.6 is 0 Å². The maximum absolute atomic E-state index is 11.7. The lowest BCUT2D eigenvalue weighted by atomic mass is 9.77. The van der Waals surface area contributed by atoms with E-state index in [0.29, 0.717) is 16.6 Å². The van der Waals surface area contributed by atoms with Crippen LogP contribution < -0.4 is 10.9 Å².